The number of sulfone groups is 1. The van der Waals surface area contributed by atoms with Crippen molar-refractivity contribution < 1.29 is 17.6 Å². The Morgan fingerprint density at radius 2 is 2.07 bits per heavy atom. The van der Waals surface area contributed by atoms with Crippen molar-refractivity contribution in [3.8, 4) is 0 Å². The Kier molecular flexibility index (Phi) is 5.39. The smallest absolute Gasteiger partial charge is 0.266 e. The summed E-state index contributed by atoms with van der Waals surface area (Å²) in [6, 6.07) is 6.29. The first-order chi connectivity index (χ1) is 13.2. The number of amides is 1. The van der Waals surface area contributed by atoms with Gasteiger partial charge in [-0.05, 0) is 30.7 Å². The molecule has 0 aliphatic carbocycles. The predicted octanol–water partition coefficient (Wildman–Crippen LogP) is 5.28. The van der Waals surface area contributed by atoms with Gasteiger partial charge >= 0.3 is 0 Å². The Balaban J connectivity index is 1.76. The van der Waals surface area contributed by atoms with Crippen molar-refractivity contribution >= 4 is 72.0 Å². The standard InChI is InChI=1S/C18H14Cl3NO4S2/c19-10-6-13(20)15-14(7-10)27-17(16(15)21)18(23)22(8-12-2-1-4-26-12)11-3-5-28(24,25)9-11/h1-2,4,6-7,11H,3,5,8-9H2. The highest BCUT2D eigenvalue weighted by Gasteiger charge is 2.37. The van der Waals surface area contributed by atoms with Crippen molar-refractivity contribution in [3.63, 3.8) is 0 Å². The molecule has 1 aliphatic heterocycles. The monoisotopic (exact) mass is 477 g/mol. The summed E-state index contributed by atoms with van der Waals surface area (Å²) < 4.78 is 30.0. The molecule has 1 aliphatic rings. The van der Waals surface area contributed by atoms with Crippen LogP contribution in [0.3, 0.4) is 0 Å². The van der Waals surface area contributed by atoms with Crippen molar-refractivity contribution in [2.24, 2.45) is 0 Å². The van der Waals surface area contributed by atoms with Gasteiger partial charge in [-0.15, -0.1) is 11.3 Å². The van der Waals surface area contributed by atoms with Gasteiger partial charge in [-0.3, -0.25) is 4.79 Å². The third kappa shape index (κ3) is 3.78. The predicted molar refractivity (Wildman–Crippen MR) is 112 cm³/mol. The Bertz CT molecular complexity index is 1160. The average Bonchev–Trinajstić information content (AvgIpc) is 3.31. The number of furan rings is 1. The topological polar surface area (TPSA) is 67.6 Å². The summed E-state index contributed by atoms with van der Waals surface area (Å²) in [6.07, 6.45) is 1.89. The second-order valence-corrected chi connectivity index (χ2v) is 11.1. The normalized spacial score (nSPS) is 18.6. The lowest BCUT2D eigenvalue weighted by Crippen LogP contribution is -2.40. The van der Waals surface area contributed by atoms with Crippen LogP contribution in [-0.4, -0.2) is 36.8 Å². The van der Waals surface area contributed by atoms with Crippen LogP contribution in [0.2, 0.25) is 15.1 Å². The molecule has 0 N–H and O–H groups in total. The molecular formula is C18H14Cl3NO4S2. The summed E-state index contributed by atoms with van der Waals surface area (Å²) >= 11 is 20.0. The van der Waals surface area contributed by atoms with E-state index < -0.39 is 15.9 Å². The van der Waals surface area contributed by atoms with Crippen LogP contribution < -0.4 is 0 Å². The molecule has 5 nitrogen and oxygen atoms in total. The van der Waals surface area contributed by atoms with Gasteiger partial charge < -0.3 is 9.32 Å². The number of benzene rings is 1. The summed E-state index contributed by atoms with van der Waals surface area (Å²) in [4.78, 5) is 15.2. The van der Waals surface area contributed by atoms with Crippen LogP contribution in [0.1, 0.15) is 21.9 Å². The van der Waals surface area contributed by atoms with Crippen molar-refractivity contribution in [2.75, 3.05) is 11.5 Å². The molecule has 4 rings (SSSR count). The Hall–Kier alpha value is -1.25. The number of hydrogen-bond donors (Lipinski definition) is 0. The van der Waals surface area contributed by atoms with E-state index in [2.05, 4.69) is 0 Å². The van der Waals surface area contributed by atoms with Crippen molar-refractivity contribution in [2.45, 2.75) is 19.0 Å². The van der Waals surface area contributed by atoms with E-state index in [1.54, 1.807) is 24.3 Å². The maximum atomic E-state index is 13.4. The number of fused-ring (bicyclic) bond motifs is 1. The lowest BCUT2D eigenvalue weighted by Gasteiger charge is -2.27. The maximum Gasteiger partial charge on any atom is 0.266 e. The van der Waals surface area contributed by atoms with Crippen molar-refractivity contribution in [1.29, 1.82) is 0 Å². The summed E-state index contributed by atoms with van der Waals surface area (Å²) in [5, 5.41) is 1.63. The van der Waals surface area contributed by atoms with Gasteiger partial charge in [0.1, 0.15) is 10.6 Å². The fourth-order valence-corrected chi connectivity index (χ4v) is 7.40. The van der Waals surface area contributed by atoms with Gasteiger partial charge in [0, 0.05) is 21.2 Å². The van der Waals surface area contributed by atoms with E-state index in [1.807, 2.05) is 0 Å². The molecule has 1 aromatic carbocycles. The number of carbonyl (C=O) groups is 1. The van der Waals surface area contributed by atoms with Gasteiger partial charge in [-0.2, -0.15) is 0 Å². The van der Waals surface area contributed by atoms with Crippen molar-refractivity contribution in [1.82, 2.24) is 4.90 Å². The summed E-state index contributed by atoms with van der Waals surface area (Å²) in [5.74, 6) is 0.197. The average molecular weight is 479 g/mol. The Morgan fingerprint density at radius 3 is 2.71 bits per heavy atom. The van der Waals surface area contributed by atoms with E-state index >= 15 is 0 Å². The zero-order chi connectivity index (χ0) is 20.1. The van der Waals surface area contributed by atoms with Crippen LogP contribution >= 0.6 is 46.1 Å². The van der Waals surface area contributed by atoms with Crippen LogP contribution in [0.15, 0.2) is 34.9 Å². The molecule has 2 aromatic heterocycles. The van der Waals surface area contributed by atoms with E-state index in [9.17, 15) is 13.2 Å². The van der Waals surface area contributed by atoms with E-state index in [1.165, 1.54) is 22.5 Å². The number of carbonyl (C=O) groups excluding carboxylic acids is 1. The largest absolute Gasteiger partial charge is 0.467 e. The maximum absolute atomic E-state index is 13.4. The van der Waals surface area contributed by atoms with E-state index in [-0.39, 0.29) is 29.0 Å². The fourth-order valence-electron chi connectivity index (χ4n) is 3.34. The minimum Gasteiger partial charge on any atom is -0.467 e. The second-order valence-electron chi connectivity index (χ2n) is 6.58. The molecule has 3 heterocycles. The van der Waals surface area contributed by atoms with Crippen LogP contribution in [-0.2, 0) is 16.4 Å². The third-order valence-corrected chi connectivity index (χ3v) is 8.54. The first-order valence-electron chi connectivity index (χ1n) is 8.36. The molecule has 10 heteroatoms. The van der Waals surface area contributed by atoms with Crippen LogP contribution in [0.5, 0.6) is 0 Å². The molecule has 1 atom stereocenters. The summed E-state index contributed by atoms with van der Waals surface area (Å²) in [5.41, 5.74) is 0. The Morgan fingerprint density at radius 1 is 1.29 bits per heavy atom. The van der Waals surface area contributed by atoms with Gasteiger partial charge in [0.05, 0.1) is 34.4 Å². The quantitative estimate of drug-likeness (QED) is 0.511. The molecule has 1 fully saturated rings. The Labute approximate surface area is 180 Å². The highest BCUT2D eigenvalue weighted by atomic mass is 35.5. The second kappa shape index (κ2) is 7.54. The zero-order valence-electron chi connectivity index (χ0n) is 14.3. The molecule has 148 valence electrons. The van der Waals surface area contributed by atoms with Gasteiger partial charge in [-0.25, -0.2) is 8.42 Å². The first-order valence-corrected chi connectivity index (χ1v) is 12.1. The van der Waals surface area contributed by atoms with Gasteiger partial charge in [0.2, 0.25) is 0 Å². The lowest BCUT2D eigenvalue weighted by atomic mass is 10.2. The molecule has 0 spiro atoms. The molecular weight excluding hydrogens is 465 g/mol. The SMILES string of the molecule is O=C(c1sc2cc(Cl)cc(Cl)c2c1Cl)N(Cc1ccco1)C1CCS(=O)(=O)C1. The molecule has 0 bridgehead atoms. The molecule has 0 radical (unpaired) electrons. The van der Waals surface area contributed by atoms with Crippen molar-refractivity contribution in [3.05, 3.63) is 56.2 Å². The molecule has 1 amide bonds. The highest BCUT2D eigenvalue weighted by Crippen LogP contribution is 2.42. The zero-order valence-corrected chi connectivity index (χ0v) is 18.2. The first kappa shape index (κ1) is 20.0. The number of nitrogens with zero attached hydrogens (tertiary/aromatic N) is 1. The number of halogens is 3. The van der Waals surface area contributed by atoms with E-state index in [4.69, 9.17) is 39.2 Å². The third-order valence-electron chi connectivity index (χ3n) is 4.66. The van der Waals surface area contributed by atoms with Gasteiger partial charge in [0.25, 0.3) is 5.91 Å². The summed E-state index contributed by atoms with van der Waals surface area (Å²) in [7, 11) is -3.17. The van der Waals surface area contributed by atoms with Gasteiger partial charge in [0.15, 0.2) is 9.84 Å². The lowest BCUT2D eigenvalue weighted by molar-refractivity contribution is 0.0671. The highest BCUT2D eigenvalue weighted by molar-refractivity contribution is 7.91. The van der Waals surface area contributed by atoms with E-state index in [0.717, 1.165) is 0 Å². The van der Waals surface area contributed by atoms with Gasteiger partial charge in [-0.1, -0.05) is 34.8 Å². The summed E-state index contributed by atoms with van der Waals surface area (Å²) in [6.45, 7) is 0.158. The molecule has 1 saturated heterocycles. The fraction of sp³-hybridized carbons (Fsp3) is 0.278. The molecule has 1 unspecified atom stereocenters. The van der Waals surface area contributed by atoms with E-state index in [0.29, 0.717) is 37.2 Å². The molecule has 28 heavy (non-hydrogen) atoms. The number of hydrogen-bond acceptors (Lipinski definition) is 5. The minimum absolute atomic E-state index is 0.0567. The number of thiophene rings is 1. The van der Waals surface area contributed by atoms with Crippen LogP contribution in [0.25, 0.3) is 10.1 Å². The van der Waals surface area contributed by atoms with Crippen LogP contribution in [0, 0.1) is 0 Å². The number of rotatable bonds is 4. The van der Waals surface area contributed by atoms with Crippen LogP contribution in [0.4, 0.5) is 0 Å². The molecule has 3 aromatic rings. The molecule has 0 saturated carbocycles. The minimum atomic E-state index is -3.17.